The number of hydrogen-bond acceptors (Lipinski definition) is 9. The van der Waals surface area contributed by atoms with Crippen molar-refractivity contribution in [3.63, 3.8) is 0 Å². The lowest BCUT2D eigenvalue weighted by molar-refractivity contribution is -0.156. The van der Waals surface area contributed by atoms with E-state index in [0.717, 1.165) is 44.1 Å². The van der Waals surface area contributed by atoms with Gasteiger partial charge in [0.2, 0.25) is 11.8 Å². The summed E-state index contributed by atoms with van der Waals surface area (Å²) >= 11 is 0. The van der Waals surface area contributed by atoms with E-state index in [1.165, 1.54) is 0 Å². The van der Waals surface area contributed by atoms with Gasteiger partial charge in [-0.15, -0.1) is 6.58 Å². The molecule has 3 aliphatic rings. The molecule has 2 aromatic rings. The highest BCUT2D eigenvalue weighted by atomic mass is 16.6. The Hall–Kier alpha value is -4.41. The highest BCUT2D eigenvalue weighted by Crippen LogP contribution is 2.37. The second kappa shape index (κ2) is 16.3. The van der Waals surface area contributed by atoms with Crippen LogP contribution in [0.5, 0.6) is 11.6 Å². The first-order valence-corrected chi connectivity index (χ1v) is 17.6. The Bertz CT molecular complexity index is 1570. The van der Waals surface area contributed by atoms with Crippen molar-refractivity contribution in [3.8, 4) is 11.6 Å². The first-order valence-electron chi connectivity index (χ1n) is 17.6. The summed E-state index contributed by atoms with van der Waals surface area (Å²) in [6.07, 6.45) is 10.4. The number of likely N-dealkylation sites (tertiary alicyclic amines) is 1. The summed E-state index contributed by atoms with van der Waals surface area (Å²) in [5.74, 6) is -0.325. The van der Waals surface area contributed by atoms with Crippen molar-refractivity contribution in [3.05, 3.63) is 54.8 Å². The van der Waals surface area contributed by atoms with Gasteiger partial charge in [0.05, 0.1) is 31.3 Å². The lowest BCUT2D eigenvalue weighted by atomic mass is 9.93. The highest BCUT2D eigenvalue weighted by Gasteiger charge is 2.52. The third-order valence-electron chi connectivity index (χ3n) is 9.58. The maximum absolute atomic E-state index is 14.6. The van der Waals surface area contributed by atoms with Crippen LogP contribution in [0.1, 0.15) is 77.8 Å². The molecule has 264 valence electrons. The van der Waals surface area contributed by atoms with E-state index in [0.29, 0.717) is 35.3 Å². The Morgan fingerprint density at radius 2 is 1.88 bits per heavy atom. The number of nitrogens with zero attached hydrogens (tertiary/aromatic N) is 3. The fraction of sp³-hybridized carbons (Fsp3) is 0.553. The molecule has 3 fully saturated rings. The SMILES string of the molecule is C=CCC/C=C1/C[C@H]1OC(=O)N[C@H](C(=O)N1C[C@H](Oc2nc3cc(OC)ccc3nc2C=C)C(CC)[C@H]1C(=O)OCC(C)C)C1CCCC1. The van der Waals surface area contributed by atoms with Gasteiger partial charge in [0, 0.05) is 18.4 Å². The van der Waals surface area contributed by atoms with Crippen molar-refractivity contribution in [2.24, 2.45) is 17.8 Å². The number of unbranched alkanes of at least 4 members (excludes halogenated alkanes) is 1. The largest absolute Gasteiger partial charge is 0.497 e. The third kappa shape index (κ3) is 8.61. The molecule has 2 amide bonds. The molecule has 1 aromatic heterocycles. The fourth-order valence-corrected chi connectivity index (χ4v) is 6.89. The summed E-state index contributed by atoms with van der Waals surface area (Å²) < 4.78 is 23.4. The quantitative estimate of drug-likeness (QED) is 0.129. The molecule has 0 spiro atoms. The predicted octanol–water partition coefficient (Wildman–Crippen LogP) is 6.41. The number of allylic oxidation sites excluding steroid dienone is 2. The van der Waals surface area contributed by atoms with Crippen LogP contribution in [0.3, 0.4) is 0 Å². The van der Waals surface area contributed by atoms with Crippen LogP contribution in [-0.4, -0.2) is 77.4 Å². The zero-order valence-electron chi connectivity index (χ0n) is 29.2. The fourth-order valence-electron chi connectivity index (χ4n) is 6.89. The van der Waals surface area contributed by atoms with Gasteiger partial charge in [-0.3, -0.25) is 4.79 Å². The van der Waals surface area contributed by atoms with E-state index in [1.54, 1.807) is 30.2 Å². The van der Waals surface area contributed by atoms with Crippen LogP contribution < -0.4 is 14.8 Å². The molecule has 1 unspecified atom stereocenters. The number of aromatic nitrogens is 2. The summed E-state index contributed by atoms with van der Waals surface area (Å²) in [6, 6.07) is 3.63. The molecule has 2 saturated carbocycles. The number of ether oxygens (including phenoxy) is 4. The van der Waals surface area contributed by atoms with Crippen LogP contribution in [0.4, 0.5) is 4.79 Å². The number of carbonyl (C=O) groups is 3. The third-order valence-corrected chi connectivity index (χ3v) is 9.58. The monoisotopic (exact) mass is 674 g/mol. The molecule has 2 heterocycles. The van der Waals surface area contributed by atoms with Crippen molar-refractivity contribution in [1.82, 2.24) is 20.2 Å². The second-order valence-electron chi connectivity index (χ2n) is 13.6. The van der Waals surface area contributed by atoms with Gasteiger partial charge in [0.1, 0.15) is 35.7 Å². The molecular formula is C38H50N4O7. The molecule has 0 radical (unpaired) electrons. The molecule has 2 aliphatic carbocycles. The van der Waals surface area contributed by atoms with Gasteiger partial charge in [-0.2, -0.15) is 0 Å². The van der Waals surface area contributed by atoms with Crippen molar-refractivity contribution in [2.45, 2.75) is 96.4 Å². The maximum atomic E-state index is 14.6. The summed E-state index contributed by atoms with van der Waals surface area (Å²) in [6.45, 7) is 13.9. The van der Waals surface area contributed by atoms with E-state index in [2.05, 4.69) is 29.5 Å². The van der Waals surface area contributed by atoms with Crippen LogP contribution in [-0.2, 0) is 19.1 Å². The first-order chi connectivity index (χ1) is 23.7. The minimum atomic E-state index is -0.911. The predicted molar refractivity (Wildman–Crippen MR) is 187 cm³/mol. The summed E-state index contributed by atoms with van der Waals surface area (Å²) in [5.41, 5.74) is 2.75. The molecule has 1 aromatic carbocycles. The van der Waals surface area contributed by atoms with Crippen LogP contribution in [0.2, 0.25) is 0 Å². The van der Waals surface area contributed by atoms with E-state index in [1.807, 2.05) is 32.9 Å². The Morgan fingerprint density at radius 3 is 2.55 bits per heavy atom. The topological polar surface area (TPSA) is 129 Å². The summed E-state index contributed by atoms with van der Waals surface area (Å²) in [4.78, 5) is 52.6. The number of carbonyl (C=O) groups excluding carboxylic acids is 3. The summed E-state index contributed by atoms with van der Waals surface area (Å²) in [7, 11) is 1.58. The van der Waals surface area contributed by atoms with Gasteiger partial charge in [-0.25, -0.2) is 19.6 Å². The number of benzene rings is 1. The molecule has 1 aliphatic heterocycles. The zero-order valence-corrected chi connectivity index (χ0v) is 29.2. The van der Waals surface area contributed by atoms with Crippen LogP contribution in [0.25, 0.3) is 17.1 Å². The average molecular weight is 675 g/mol. The molecule has 0 bridgehead atoms. The molecule has 49 heavy (non-hydrogen) atoms. The minimum Gasteiger partial charge on any atom is -0.497 e. The van der Waals surface area contributed by atoms with E-state index in [-0.39, 0.29) is 42.9 Å². The van der Waals surface area contributed by atoms with Gasteiger partial charge >= 0.3 is 12.1 Å². The first kappa shape index (κ1) is 35.9. The van der Waals surface area contributed by atoms with Crippen LogP contribution in [0.15, 0.2) is 49.1 Å². The number of alkyl carbamates (subject to hydrolysis) is 1. The number of esters is 1. The Kier molecular flexibility index (Phi) is 12.0. The molecule has 5 atom stereocenters. The average Bonchev–Trinajstić information content (AvgIpc) is 3.44. The van der Waals surface area contributed by atoms with Crippen molar-refractivity contribution in [1.29, 1.82) is 0 Å². The molecule has 1 saturated heterocycles. The maximum Gasteiger partial charge on any atom is 0.408 e. The van der Waals surface area contributed by atoms with Crippen molar-refractivity contribution < 1.29 is 33.3 Å². The van der Waals surface area contributed by atoms with Crippen molar-refractivity contribution >= 4 is 35.1 Å². The molecule has 11 nitrogen and oxygen atoms in total. The lowest BCUT2D eigenvalue weighted by Crippen LogP contribution is -2.55. The van der Waals surface area contributed by atoms with Crippen LogP contribution >= 0.6 is 0 Å². The summed E-state index contributed by atoms with van der Waals surface area (Å²) in [5, 5.41) is 2.91. The Balaban J connectivity index is 1.41. The Labute approximate surface area is 289 Å². The van der Waals surface area contributed by atoms with Gasteiger partial charge in [-0.1, -0.05) is 52.3 Å². The number of fused-ring (bicyclic) bond motifs is 1. The number of amides is 2. The minimum absolute atomic E-state index is 0.0806. The lowest BCUT2D eigenvalue weighted by Gasteiger charge is -2.32. The molecule has 5 rings (SSSR count). The van der Waals surface area contributed by atoms with E-state index < -0.39 is 36.2 Å². The number of hydrogen-bond donors (Lipinski definition) is 1. The van der Waals surface area contributed by atoms with E-state index in [4.69, 9.17) is 23.9 Å². The molecule has 11 heteroatoms. The molecular weight excluding hydrogens is 624 g/mol. The van der Waals surface area contributed by atoms with E-state index in [9.17, 15) is 14.4 Å². The molecule has 1 N–H and O–H groups in total. The van der Waals surface area contributed by atoms with Gasteiger partial charge < -0.3 is 29.2 Å². The zero-order chi connectivity index (χ0) is 35.1. The second-order valence-corrected chi connectivity index (χ2v) is 13.6. The number of nitrogens with one attached hydrogen (secondary N) is 1. The smallest absolute Gasteiger partial charge is 0.408 e. The standard InChI is InChI=1S/C38H50N4O7/c1-7-10-11-16-25-19-31(25)49-38(45)41-33(24-14-12-13-15-24)36(43)42-21-32(27(8-2)34(42)37(44)47-22-23(4)5)48-35-28(9-3)39-29-18-17-26(46-6)20-30(29)40-35/h7,9,16-18,20,23-24,27,31-34H,1,3,8,10-15,19,21-22H2,2,4-6H3,(H,41,45)/b25-16-/t27?,31-,32+,33+,34+/m1/s1. The highest BCUT2D eigenvalue weighted by molar-refractivity contribution is 5.91. The van der Waals surface area contributed by atoms with Crippen LogP contribution in [0, 0.1) is 17.8 Å². The van der Waals surface area contributed by atoms with Gasteiger partial charge in [0.15, 0.2) is 0 Å². The van der Waals surface area contributed by atoms with E-state index >= 15 is 0 Å². The Morgan fingerprint density at radius 1 is 1.10 bits per heavy atom. The number of methoxy groups -OCH3 is 1. The number of rotatable bonds is 15. The van der Waals surface area contributed by atoms with Crippen molar-refractivity contribution in [2.75, 3.05) is 20.3 Å². The van der Waals surface area contributed by atoms with Gasteiger partial charge in [-0.05, 0) is 67.7 Å². The normalized spacial score (nSPS) is 23.4. The van der Waals surface area contributed by atoms with Gasteiger partial charge in [0.25, 0.3) is 0 Å².